The highest BCUT2D eigenvalue weighted by molar-refractivity contribution is 5.91. The first kappa shape index (κ1) is 31.6. The van der Waals surface area contributed by atoms with Crippen molar-refractivity contribution in [3.63, 3.8) is 0 Å². The lowest BCUT2D eigenvalue weighted by atomic mass is 9.71. The fourth-order valence-corrected chi connectivity index (χ4v) is 5.46. The molecule has 1 aliphatic heterocycles. The molecule has 2 aromatic carbocycles. The van der Waals surface area contributed by atoms with E-state index < -0.39 is 35.7 Å². The molecule has 11 nitrogen and oxygen atoms in total. The van der Waals surface area contributed by atoms with E-state index in [0.717, 1.165) is 0 Å². The second-order valence-corrected chi connectivity index (χ2v) is 10.9. The Bertz CT molecular complexity index is 1500. The summed E-state index contributed by atoms with van der Waals surface area (Å²) in [5, 5.41) is 23.2. The zero-order valence-corrected chi connectivity index (χ0v) is 25.8. The summed E-state index contributed by atoms with van der Waals surface area (Å²) in [4.78, 5) is 26.6. The zero-order valence-electron chi connectivity index (χ0n) is 25.8. The van der Waals surface area contributed by atoms with E-state index >= 15 is 0 Å². The van der Waals surface area contributed by atoms with Crippen LogP contribution in [0.3, 0.4) is 0 Å². The summed E-state index contributed by atoms with van der Waals surface area (Å²) >= 11 is 0. The van der Waals surface area contributed by atoms with Gasteiger partial charge in [0.1, 0.15) is 0 Å². The minimum Gasteiger partial charge on any atom is -0.504 e. The van der Waals surface area contributed by atoms with Gasteiger partial charge in [-0.15, -0.1) is 0 Å². The van der Waals surface area contributed by atoms with Gasteiger partial charge in [-0.3, -0.25) is 0 Å². The average Bonchev–Trinajstić information content (AvgIpc) is 3.44. The number of allylic oxidation sites excluding steroid dienone is 2. The van der Waals surface area contributed by atoms with E-state index in [1.165, 1.54) is 33.5 Å². The predicted octanol–water partition coefficient (Wildman–Crippen LogP) is 5.32. The van der Waals surface area contributed by atoms with Crippen LogP contribution in [-0.4, -0.2) is 55.9 Å². The quantitative estimate of drug-likeness (QED) is 0.316. The molecule has 0 aromatic heterocycles. The van der Waals surface area contributed by atoms with Crippen LogP contribution < -0.4 is 23.7 Å². The Morgan fingerprint density at radius 3 is 2.19 bits per heavy atom. The van der Waals surface area contributed by atoms with Crippen molar-refractivity contribution in [2.45, 2.75) is 59.4 Å². The van der Waals surface area contributed by atoms with Gasteiger partial charge in [0, 0.05) is 34.3 Å². The predicted molar refractivity (Wildman–Crippen MR) is 156 cm³/mol. The summed E-state index contributed by atoms with van der Waals surface area (Å²) < 4.78 is 40.8. The molecule has 0 radical (unpaired) electrons. The summed E-state index contributed by atoms with van der Waals surface area (Å²) in [6.45, 7) is 9.93. The van der Waals surface area contributed by atoms with E-state index in [2.05, 4.69) is 0 Å². The van der Waals surface area contributed by atoms with Crippen LogP contribution in [0, 0.1) is 5.92 Å². The van der Waals surface area contributed by atoms with Gasteiger partial charge in [-0.05, 0) is 52.3 Å². The van der Waals surface area contributed by atoms with Crippen LogP contribution in [0.2, 0.25) is 0 Å². The topological polar surface area (TPSA) is 139 Å². The number of benzene rings is 2. The van der Waals surface area contributed by atoms with Crippen molar-refractivity contribution in [3.8, 4) is 45.6 Å². The fourth-order valence-electron chi connectivity index (χ4n) is 5.46. The Morgan fingerprint density at radius 2 is 1.60 bits per heavy atom. The highest BCUT2D eigenvalue weighted by Crippen LogP contribution is 2.61. The Balaban J connectivity index is 2.21. The molecule has 4 atom stereocenters. The van der Waals surface area contributed by atoms with Gasteiger partial charge in [0.15, 0.2) is 34.7 Å². The fraction of sp³-hybridized carbons (Fsp3) is 0.438. The zero-order chi connectivity index (χ0) is 31.8. The second-order valence-electron chi connectivity index (χ2n) is 10.9. The first-order valence-electron chi connectivity index (χ1n) is 13.7. The molecular weight excluding hydrogens is 560 g/mol. The number of ether oxygens (including phenoxy) is 7. The number of aliphatic hydroxyl groups is 1. The molecule has 0 bridgehead atoms. The second kappa shape index (κ2) is 12.1. The summed E-state index contributed by atoms with van der Waals surface area (Å²) in [6.07, 6.45) is 0.183. The van der Waals surface area contributed by atoms with Crippen LogP contribution in [-0.2, 0) is 19.1 Å². The van der Waals surface area contributed by atoms with Crippen LogP contribution in [0.25, 0.3) is 11.1 Å². The third-order valence-electron chi connectivity index (χ3n) is 7.97. The summed E-state index contributed by atoms with van der Waals surface area (Å²) in [5.41, 5.74) is 0.401. The maximum Gasteiger partial charge on any atom is 0.334 e. The van der Waals surface area contributed by atoms with Gasteiger partial charge >= 0.3 is 11.9 Å². The van der Waals surface area contributed by atoms with E-state index in [0.29, 0.717) is 28.0 Å². The SMILES string of the molecule is C/C=C(/C)C(=O)OC1(C)C(OC(=O)C=C(C)C)c2cc(O)c(OC)c(OC)c2-c2c(cc3c(c2OC)OCO3)C(O)C1C. The third kappa shape index (κ3) is 5.33. The minimum absolute atomic E-state index is 0.0205. The molecule has 0 spiro atoms. The number of hydrogen-bond donors (Lipinski definition) is 2. The van der Waals surface area contributed by atoms with Crippen LogP contribution in [0.4, 0.5) is 0 Å². The van der Waals surface area contributed by atoms with Gasteiger partial charge in [-0.1, -0.05) is 18.6 Å². The van der Waals surface area contributed by atoms with Gasteiger partial charge in [0.05, 0.1) is 27.4 Å². The summed E-state index contributed by atoms with van der Waals surface area (Å²) in [7, 11) is 4.18. The Labute approximate surface area is 250 Å². The van der Waals surface area contributed by atoms with Gasteiger partial charge in [0.25, 0.3) is 0 Å². The van der Waals surface area contributed by atoms with Crippen molar-refractivity contribution in [2.75, 3.05) is 28.1 Å². The number of carbonyl (C=O) groups excluding carboxylic acids is 2. The molecule has 43 heavy (non-hydrogen) atoms. The molecule has 0 amide bonds. The van der Waals surface area contributed by atoms with Gasteiger partial charge in [-0.2, -0.15) is 0 Å². The molecule has 4 rings (SSSR count). The molecule has 4 unspecified atom stereocenters. The number of carbonyl (C=O) groups is 2. The number of aliphatic hydroxyl groups excluding tert-OH is 1. The number of hydrogen-bond acceptors (Lipinski definition) is 11. The Morgan fingerprint density at radius 1 is 0.977 bits per heavy atom. The maximum absolute atomic E-state index is 13.3. The average molecular weight is 599 g/mol. The normalized spacial score (nSPS) is 22.3. The molecule has 232 valence electrons. The van der Waals surface area contributed by atoms with E-state index in [9.17, 15) is 19.8 Å². The molecule has 1 aliphatic carbocycles. The Kier molecular flexibility index (Phi) is 8.87. The van der Waals surface area contributed by atoms with E-state index in [1.807, 2.05) is 0 Å². The molecule has 2 N–H and O–H groups in total. The van der Waals surface area contributed by atoms with E-state index in [-0.39, 0.29) is 46.7 Å². The van der Waals surface area contributed by atoms with Crippen LogP contribution in [0.5, 0.6) is 34.5 Å². The largest absolute Gasteiger partial charge is 0.504 e. The van der Waals surface area contributed by atoms with Crippen LogP contribution in [0.15, 0.2) is 35.4 Å². The first-order valence-corrected chi connectivity index (χ1v) is 13.7. The Hall–Kier alpha value is -4.38. The lowest BCUT2D eigenvalue weighted by molar-refractivity contribution is -0.196. The monoisotopic (exact) mass is 598 g/mol. The molecule has 0 fully saturated rings. The van der Waals surface area contributed by atoms with Crippen molar-refractivity contribution in [2.24, 2.45) is 5.92 Å². The molecule has 0 saturated carbocycles. The van der Waals surface area contributed by atoms with Gasteiger partial charge in [0.2, 0.25) is 18.3 Å². The van der Waals surface area contributed by atoms with Crippen molar-refractivity contribution in [1.82, 2.24) is 0 Å². The minimum atomic E-state index is -1.70. The van der Waals surface area contributed by atoms with Gasteiger partial charge in [-0.25, -0.2) is 9.59 Å². The molecule has 0 saturated heterocycles. The number of fused-ring (bicyclic) bond motifs is 4. The van der Waals surface area contributed by atoms with Crippen molar-refractivity contribution >= 4 is 11.9 Å². The standard InChI is InChI=1S/C32H38O11/c1-10-16(4)31(36)43-32(6)17(5)25(35)18-13-21-27(41-14-40-21)29(39-9)23(18)24-19(30(32)42-22(34)11-15(2)3)12-20(33)26(37-7)28(24)38-8/h10-13,17,25,30,33,35H,14H2,1-9H3/b16-10-. The summed E-state index contributed by atoms with van der Waals surface area (Å²) in [6, 6.07) is 2.99. The molecule has 2 aliphatic rings. The molecule has 2 aromatic rings. The third-order valence-corrected chi connectivity index (χ3v) is 7.97. The highest BCUT2D eigenvalue weighted by Gasteiger charge is 2.53. The number of aromatic hydroxyl groups is 1. The van der Waals surface area contributed by atoms with Crippen molar-refractivity contribution in [3.05, 3.63) is 46.6 Å². The lowest BCUT2D eigenvalue weighted by Crippen LogP contribution is -2.49. The number of phenols is 1. The number of phenolic OH excluding ortho intramolecular Hbond substituents is 1. The first-order chi connectivity index (χ1) is 20.3. The van der Waals surface area contributed by atoms with Crippen molar-refractivity contribution < 1.29 is 53.0 Å². The molecule has 1 heterocycles. The summed E-state index contributed by atoms with van der Waals surface area (Å²) in [5.74, 6) is -1.76. The lowest BCUT2D eigenvalue weighted by Gasteiger charge is -2.45. The van der Waals surface area contributed by atoms with Crippen LogP contribution >= 0.6 is 0 Å². The van der Waals surface area contributed by atoms with Gasteiger partial charge < -0.3 is 43.4 Å². The van der Waals surface area contributed by atoms with E-state index in [1.54, 1.807) is 53.7 Å². The molecule has 11 heteroatoms. The number of rotatable bonds is 7. The molecular formula is C32H38O11. The smallest absolute Gasteiger partial charge is 0.334 e. The highest BCUT2D eigenvalue weighted by atomic mass is 16.7. The number of methoxy groups -OCH3 is 3. The maximum atomic E-state index is 13.3. The van der Waals surface area contributed by atoms with Crippen molar-refractivity contribution in [1.29, 1.82) is 0 Å². The number of esters is 2. The van der Waals surface area contributed by atoms with Crippen LogP contribution in [0.1, 0.15) is 64.9 Å². The van der Waals surface area contributed by atoms with E-state index in [4.69, 9.17) is 33.2 Å².